The van der Waals surface area contributed by atoms with Gasteiger partial charge in [0, 0.05) is 25.3 Å². The van der Waals surface area contributed by atoms with Gasteiger partial charge in [0.1, 0.15) is 5.82 Å². The van der Waals surface area contributed by atoms with Crippen LogP contribution in [0.5, 0.6) is 0 Å². The molecule has 2 rings (SSSR count). The molecule has 1 unspecified atom stereocenters. The predicted molar refractivity (Wildman–Crippen MR) is 61.7 cm³/mol. The van der Waals surface area contributed by atoms with E-state index in [2.05, 4.69) is 22.1 Å². The average Bonchev–Trinajstić information content (AvgIpc) is 2.56. The van der Waals surface area contributed by atoms with Gasteiger partial charge in [0.2, 0.25) is 0 Å². The van der Waals surface area contributed by atoms with Gasteiger partial charge in [-0.05, 0) is 38.1 Å². The Labute approximate surface area is 95.7 Å². The van der Waals surface area contributed by atoms with Crippen LogP contribution in [0.15, 0.2) is 18.5 Å². The monoisotopic (exact) mass is 223 g/mol. The fourth-order valence-electron chi connectivity index (χ4n) is 2.12. The summed E-state index contributed by atoms with van der Waals surface area (Å²) >= 11 is 0. The molecular formula is C12H18FN3. The van der Waals surface area contributed by atoms with E-state index in [0.717, 1.165) is 38.2 Å². The minimum Gasteiger partial charge on any atom is -0.315 e. The second-order valence-corrected chi connectivity index (χ2v) is 4.25. The molecule has 1 atom stereocenters. The third-order valence-electron chi connectivity index (χ3n) is 3.13. The number of nitrogens with zero attached hydrogens (tertiary/aromatic N) is 2. The van der Waals surface area contributed by atoms with Crippen molar-refractivity contribution < 1.29 is 4.39 Å². The molecule has 1 N–H and O–H groups in total. The lowest BCUT2D eigenvalue weighted by molar-refractivity contribution is 0.224. The molecule has 16 heavy (non-hydrogen) atoms. The van der Waals surface area contributed by atoms with E-state index in [1.54, 1.807) is 12.3 Å². The van der Waals surface area contributed by atoms with Gasteiger partial charge in [-0.2, -0.15) is 0 Å². The molecule has 1 aromatic heterocycles. The maximum atomic E-state index is 13.1. The van der Waals surface area contributed by atoms with Gasteiger partial charge in [-0.25, -0.2) is 4.39 Å². The third-order valence-corrected chi connectivity index (χ3v) is 3.13. The summed E-state index contributed by atoms with van der Waals surface area (Å²) in [5.41, 5.74) is 0.960. The number of aromatic nitrogens is 1. The summed E-state index contributed by atoms with van der Waals surface area (Å²) in [5.74, 6) is -0.253. The summed E-state index contributed by atoms with van der Waals surface area (Å²) in [4.78, 5) is 6.28. The summed E-state index contributed by atoms with van der Waals surface area (Å²) in [6.07, 6.45) is 4.15. The second kappa shape index (κ2) is 5.37. The van der Waals surface area contributed by atoms with Crippen molar-refractivity contribution >= 4 is 0 Å². The first kappa shape index (κ1) is 11.5. The van der Waals surface area contributed by atoms with Gasteiger partial charge in [-0.3, -0.25) is 9.88 Å². The SMILES string of the molecule is CC(c1cncc(F)c1)N1CCCNCC1. The number of pyridine rings is 1. The van der Waals surface area contributed by atoms with Crippen LogP contribution >= 0.6 is 0 Å². The van der Waals surface area contributed by atoms with Gasteiger partial charge in [0.05, 0.1) is 6.20 Å². The molecule has 3 nitrogen and oxygen atoms in total. The largest absolute Gasteiger partial charge is 0.315 e. The molecule has 1 aliphatic heterocycles. The molecule has 1 fully saturated rings. The molecule has 1 aromatic rings. The van der Waals surface area contributed by atoms with Crippen LogP contribution in [0.3, 0.4) is 0 Å². The van der Waals surface area contributed by atoms with Gasteiger partial charge < -0.3 is 5.32 Å². The van der Waals surface area contributed by atoms with Crippen LogP contribution in [0.2, 0.25) is 0 Å². The van der Waals surface area contributed by atoms with Crippen molar-refractivity contribution in [2.24, 2.45) is 0 Å². The van der Waals surface area contributed by atoms with Crippen LogP contribution in [0.25, 0.3) is 0 Å². The minimum atomic E-state index is -0.253. The van der Waals surface area contributed by atoms with Crippen molar-refractivity contribution in [3.8, 4) is 0 Å². The highest BCUT2D eigenvalue weighted by atomic mass is 19.1. The molecule has 2 heterocycles. The molecule has 1 saturated heterocycles. The van der Waals surface area contributed by atoms with E-state index in [9.17, 15) is 4.39 Å². The Morgan fingerprint density at radius 3 is 3.06 bits per heavy atom. The van der Waals surface area contributed by atoms with E-state index >= 15 is 0 Å². The quantitative estimate of drug-likeness (QED) is 0.825. The van der Waals surface area contributed by atoms with E-state index in [4.69, 9.17) is 0 Å². The zero-order chi connectivity index (χ0) is 11.4. The predicted octanol–water partition coefficient (Wildman–Crippen LogP) is 1.58. The van der Waals surface area contributed by atoms with Gasteiger partial charge in [-0.1, -0.05) is 0 Å². The summed E-state index contributed by atoms with van der Waals surface area (Å²) in [7, 11) is 0. The Morgan fingerprint density at radius 2 is 2.25 bits per heavy atom. The Balaban J connectivity index is 2.07. The standard InChI is InChI=1S/C12H18FN3/c1-10(11-7-12(13)9-15-8-11)16-5-2-3-14-4-6-16/h7-10,14H,2-6H2,1H3. The molecular weight excluding hydrogens is 205 g/mol. The summed E-state index contributed by atoms with van der Waals surface area (Å²) < 4.78 is 13.1. The first-order valence-corrected chi connectivity index (χ1v) is 5.82. The van der Waals surface area contributed by atoms with E-state index < -0.39 is 0 Å². The topological polar surface area (TPSA) is 28.2 Å². The van der Waals surface area contributed by atoms with Gasteiger partial charge in [0.15, 0.2) is 0 Å². The van der Waals surface area contributed by atoms with Crippen molar-refractivity contribution in [1.82, 2.24) is 15.2 Å². The number of halogens is 1. The van der Waals surface area contributed by atoms with E-state index in [1.807, 2.05) is 0 Å². The van der Waals surface area contributed by atoms with Gasteiger partial charge >= 0.3 is 0 Å². The highest BCUT2D eigenvalue weighted by Gasteiger charge is 2.17. The van der Waals surface area contributed by atoms with Gasteiger partial charge in [-0.15, -0.1) is 0 Å². The normalized spacial score (nSPS) is 20.4. The van der Waals surface area contributed by atoms with Crippen LogP contribution in [0.4, 0.5) is 4.39 Å². The van der Waals surface area contributed by atoms with Crippen molar-refractivity contribution in [3.05, 3.63) is 29.8 Å². The Bertz CT molecular complexity index is 335. The molecule has 0 saturated carbocycles. The van der Waals surface area contributed by atoms with E-state index in [0.29, 0.717) is 0 Å². The highest BCUT2D eigenvalue weighted by Crippen LogP contribution is 2.20. The molecule has 88 valence electrons. The first-order chi connectivity index (χ1) is 7.77. The zero-order valence-corrected chi connectivity index (χ0v) is 9.62. The van der Waals surface area contributed by atoms with Crippen molar-refractivity contribution in [3.63, 3.8) is 0 Å². The lowest BCUT2D eigenvalue weighted by Crippen LogP contribution is -2.30. The highest BCUT2D eigenvalue weighted by molar-refractivity contribution is 5.14. The number of hydrogen-bond donors (Lipinski definition) is 1. The summed E-state index contributed by atoms with van der Waals surface area (Å²) in [5, 5.41) is 3.36. The van der Waals surface area contributed by atoms with Crippen LogP contribution in [0, 0.1) is 5.82 Å². The minimum absolute atomic E-state index is 0.239. The molecule has 0 aliphatic carbocycles. The summed E-state index contributed by atoms with van der Waals surface area (Å²) in [6.45, 7) is 6.27. The molecule has 0 aromatic carbocycles. The molecule has 0 spiro atoms. The fourth-order valence-corrected chi connectivity index (χ4v) is 2.12. The molecule has 0 radical (unpaired) electrons. The van der Waals surface area contributed by atoms with Crippen LogP contribution in [-0.4, -0.2) is 36.1 Å². The van der Waals surface area contributed by atoms with E-state index in [-0.39, 0.29) is 11.9 Å². The lowest BCUT2D eigenvalue weighted by atomic mass is 10.1. The maximum Gasteiger partial charge on any atom is 0.141 e. The third kappa shape index (κ3) is 2.77. The van der Waals surface area contributed by atoms with Crippen LogP contribution in [0.1, 0.15) is 24.9 Å². The Hall–Kier alpha value is -1.00. The number of nitrogens with one attached hydrogen (secondary N) is 1. The molecule has 4 heteroatoms. The summed E-state index contributed by atoms with van der Waals surface area (Å²) in [6, 6.07) is 1.82. The second-order valence-electron chi connectivity index (χ2n) is 4.25. The number of hydrogen-bond acceptors (Lipinski definition) is 3. The molecule has 0 bridgehead atoms. The Kier molecular flexibility index (Phi) is 3.85. The first-order valence-electron chi connectivity index (χ1n) is 5.82. The zero-order valence-electron chi connectivity index (χ0n) is 9.62. The van der Waals surface area contributed by atoms with Crippen LogP contribution in [-0.2, 0) is 0 Å². The lowest BCUT2D eigenvalue weighted by Gasteiger charge is -2.27. The van der Waals surface area contributed by atoms with Crippen molar-refractivity contribution in [1.29, 1.82) is 0 Å². The van der Waals surface area contributed by atoms with Crippen molar-refractivity contribution in [2.45, 2.75) is 19.4 Å². The van der Waals surface area contributed by atoms with Crippen LogP contribution < -0.4 is 5.32 Å². The average molecular weight is 223 g/mol. The van der Waals surface area contributed by atoms with E-state index in [1.165, 1.54) is 6.20 Å². The maximum absolute atomic E-state index is 13.1. The number of rotatable bonds is 2. The van der Waals surface area contributed by atoms with Crippen molar-refractivity contribution in [2.75, 3.05) is 26.2 Å². The Morgan fingerprint density at radius 1 is 1.38 bits per heavy atom. The smallest absolute Gasteiger partial charge is 0.141 e. The van der Waals surface area contributed by atoms with Gasteiger partial charge in [0.25, 0.3) is 0 Å². The fraction of sp³-hybridized carbons (Fsp3) is 0.583. The molecule has 1 aliphatic rings. The molecule has 0 amide bonds.